The Morgan fingerprint density at radius 3 is 2.82 bits per heavy atom. The molecule has 1 aliphatic heterocycles. The number of hydrogen-bond acceptors (Lipinski definition) is 7. The monoisotopic (exact) mass is 378 g/mol. The first-order chi connectivity index (χ1) is 13.6. The van der Waals surface area contributed by atoms with E-state index in [2.05, 4.69) is 10.2 Å². The second-order valence-electron chi connectivity index (χ2n) is 7.30. The van der Waals surface area contributed by atoms with Crippen LogP contribution < -0.4 is 11.6 Å². The van der Waals surface area contributed by atoms with Crippen LogP contribution in [0.4, 0.5) is 5.82 Å². The normalized spacial score (nSPS) is 18.1. The molecule has 4 N–H and O–H groups in total. The molecule has 4 aromatic heterocycles. The van der Waals surface area contributed by atoms with Gasteiger partial charge in [0, 0.05) is 54.5 Å². The van der Waals surface area contributed by atoms with Crippen molar-refractivity contribution in [3.8, 4) is 22.3 Å². The molecular weight excluding hydrogens is 356 g/mol. The van der Waals surface area contributed by atoms with E-state index in [0.29, 0.717) is 5.82 Å². The Bertz CT molecular complexity index is 1130. The van der Waals surface area contributed by atoms with Crippen LogP contribution in [0.2, 0.25) is 0 Å². The number of nitrogen functional groups attached to an aromatic ring is 1. The Labute approximate surface area is 161 Å². The highest BCUT2D eigenvalue weighted by Gasteiger charge is 2.28. The second-order valence-corrected chi connectivity index (χ2v) is 7.30. The van der Waals surface area contributed by atoms with Crippen molar-refractivity contribution in [2.24, 2.45) is 12.9 Å². The van der Waals surface area contributed by atoms with Gasteiger partial charge in [-0.15, -0.1) is 0 Å². The number of nitrogens with two attached hydrogens (primary N) is 2. The van der Waals surface area contributed by atoms with Crippen LogP contribution in [0, 0.1) is 0 Å². The second kappa shape index (κ2) is 6.47. The quantitative estimate of drug-likeness (QED) is 0.524. The molecule has 144 valence electrons. The zero-order chi connectivity index (χ0) is 19.3. The van der Waals surface area contributed by atoms with E-state index in [-0.39, 0.29) is 5.92 Å². The average molecular weight is 378 g/mol. The van der Waals surface area contributed by atoms with Crippen LogP contribution in [0.5, 0.6) is 0 Å². The van der Waals surface area contributed by atoms with E-state index in [9.17, 15) is 0 Å². The predicted octanol–water partition coefficient (Wildman–Crippen LogP) is 2.03. The molecule has 0 radical (unpaired) electrons. The Kier molecular flexibility index (Phi) is 3.92. The molecule has 1 atom stereocenters. The van der Waals surface area contributed by atoms with Crippen molar-refractivity contribution in [3.63, 3.8) is 0 Å². The zero-order valence-corrected chi connectivity index (χ0v) is 15.6. The molecule has 5 heterocycles. The van der Waals surface area contributed by atoms with Crippen LogP contribution in [0.3, 0.4) is 0 Å². The highest BCUT2D eigenvalue weighted by Crippen LogP contribution is 2.38. The summed E-state index contributed by atoms with van der Waals surface area (Å²) in [5.41, 5.74) is 11.9. The number of hydrogen-bond donors (Lipinski definition) is 2. The maximum Gasteiger partial charge on any atom is 0.165 e. The van der Waals surface area contributed by atoms with Crippen molar-refractivity contribution in [2.75, 3.05) is 18.8 Å². The minimum absolute atomic E-state index is 0.188. The lowest BCUT2D eigenvalue weighted by Gasteiger charge is -2.30. The van der Waals surface area contributed by atoms with Gasteiger partial charge in [-0.25, -0.2) is 9.99 Å². The number of hydrazine groups is 1. The Morgan fingerprint density at radius 1 is 1.21 bits per heavy atom. The van der Waals surface area contributed by atoms with E-state index in [4.69, 9.17) is 21.0 Å². The molecule has 4 aromatic rings. The molecule has 0 spiro atoms. The van der Waals surface area contributed by atoms with Crippen molar-refractivity contribution < 1.29 is 4.42 Å². The lowest BCUT2D eigenvalue weighted by molar-refractivity contribution is 0.211. The molecule has 1 saturated heterocycles. The molecule has 9 heteroatoms. The fourth-order valence-electron chi connectivity index (χ4n) is 4.02. The maximum absolute atomic E-state index is 6.60. The Hall–Kier alpha value is -3.17. The third-order valence-electron chi connectivity index (χ3n) is 5.38. The Balaban J connectivity index is 1.75. The van der Waals surface area contributed by atoms with Crippen molar-refractivity contribution in [3.05, 3.63) is 42.9 Å². The van der Waals surface area contributed by atoms with Crippen molar-refractivity contribution in [2.45, 2.75) is 18.8 Å². The number of anilines is 1. The molecule has 0 unspecified atom stereocenters. The van der Waals surface area contributed by atoms with E-state index in [0.717, 1.165) is 59.5 Å². The van der Waals surface area contributed by atoms with Gasteiger partial charge in [0.2, 0.25) is 0 Å². The molecule has 0 aliphatic carbocycles. The third kappa shape index (κ3) is 2.67. The largest absolute Gasteiger partial charge is 0.472 e. The summed E-state index contributed by atoms with van der Waals surface area (Å²) >= 11 is 0. The van der Waals surface area contributed by atoms with Crippen LogP contribution in [0.15, 0.2) is 41.6 Å². The summed E-state index contributed by atoms with van der Waals surface area (Å²) in [6.45, 7) is 1.63. The molecule has 0 amide bonds. The minimum atomic E-state index is 0.188. The summed E-state index contributed by atoms with van der Waals surface area (Å²) in [6.07, 6.45) is 10.9. The summed E-state index contributed by atoms with van der Waals surface area (Å²) < 4.78 is 8.77. The average Bonchev–Trinajstić information content (AvgIpc) is 3.42. The van der Waals surface area contributed by atoms with Crippen molar-refractivity contribution in [1.29, 1.82) is 0 Å². The molecule has 28 heavy (non-hydrogen) atoms. The van der Waals surface area contributed by atoms with E-state index < -0.39 is 0 Å². The lowest BCUT2D eigenvalue weighted by atomic mass is 9.90. The highest BCUT2D eigenvalue weighted by molar-refractivity contribution is 5.83. The van der Waals surface area contributed by atoms with Gasteiger partial charge in [-0.2, -0.15) is 14.7 Å². The zero-order valence-electron chi connectivity index (χ0n) is 15.6. The number of rotatable bonds is 3. The summed E-state index contributed by atoms with van der Waals surface area (Å²) in [5.74, 6) is 6.85. The predicted molar refractivity (Wildman–Crippen MR) is 105 cm³/mol. The molecule has 0 bridgehead atoms. The molecule has 0 saturated carbocycles. The first-order valence-corrected chi connectivity index (χ1v) is 9.30. The molecule has 1 fully saturated rings. The van der Waals surface area contributed by atoms with Gasteiger partial charge in [-0.3, -0.25) is 10.5 Å². The van der Waals surface area contributed by atoms with Crippen LogP contribution >= 0.6 is 0 Å². The van der Waals surface area contributed by atoms with Crippen LogP contribution in [-0.2, 0) is 7.05 Å². The summed E-state index contributed by atoms with van der Waals surface area (Å²) in [6, 6.07) is 1.90. The molecular formula is C19H22N8O. The number of aromatic nitrogens is 5. The van der Waals surface area contributed by atoms with Crippen LogP contribution in [0.25, 0.3) is 27.9 Å². The molecule has 1 aliphatic rings. The van der Waals surface area contributed by atoms with Gasteiger partial charge in [-0.1, -0.05) is 0 Å². The van der Waals surface area contributed by atoms with Gasteiger partial charge in [-0.05, 0) is 18.9 Å². The van der Waals surface area contributed by atoms with Crippen LogP contribution in [0.1, 0.15) is 24.5 Å². The van der Waals surface area contributed by atoms with Gasteiger partial charge >= 0.3 is 0 Å². The van der Waals surface area contributed by atoms with Gasteiger partial charge in [0.05, 0.1) is 30.6 Å². The lowest BCUT2D eigenvalue weighted by Crippen LogP contribution is -2.39. The highest BCUT2D eigenvalue weighted by atomic mass is 16.3. The van der Waals surface area contributed by atoms with E-state index in [1.807, 2.05) is 24.3 Å². The number of aryl methyl sites for hydroxylation is 1. The van der Waals surface area contributed by atoms with E-state index in [1.165, 1.54) is 0 Å². The van der Waals surface area contributed by atoms with Gasteiger partial charge in [0.25, 0.3) is 0 Å². The SMILES string of the molecule is Cn1cc(-c2cnn3c(N)c(-c4ccoc4)c([C@@H]4CCCN(N)C4)nc23)cn1. The number of piperidine rings is 1. The summed E-state index contributed by atoms with van der Waals surface area (Å²) in [5, 5.41) is 10.6. The number of furan rings is 1. The van der Waals surface area contributed by atoms with Crippen molar-refractivity contribution in [1.82, 2.24) is 29.4 Å². The van der Waals surface area contributed by atoms with Gasteiger partial charge in [0.1, 0.15) is 5.82 Å². The standard InChI is InChI=1S/C19H22N8O/c1-25-9-14(7-22-25)15-8-23-27-18(20)16(13-4-6-28-11-13)17(24-19(15)27)12-3-2-5-26(21)10-12/h4,6-9,11-12H,2-3,5,10,20-21H2,1H3/t12-/m1/s1. The first-order valence-electron chi connectivity index (χ1n) is 9.30. The molecule has 5 rings (SSSR count). The van der Waals surface area contributed by atoms with Crippen LogP contribution in [-0.4, -0.2) is 42.5 Å². The number of nitrogens with zero attached hydrogens (tertiary/aromatic N) is 6. The smallest absolute Gasteiger partial charge is 0.165 e. The summed E-state index contributed by atoms with van der Waals surface area (Å²) in [4.78, 5) is 5.06. The third-order valence-corrected chi connectivity index (χ3v) is 5.38. The van der Waals surface area contributed by atoms with E-state index in [1.54, 1.807) is 34.1 Å². The first kappa shape index (κ1) is 17.0. The molecule has 0 aromatic carbocycles. The van der Waals surface area contributed by atoms with Gasteiger partial charge < -0.3 is 10.2 Å². The number of fused-ring (bicyclic) bond motifs is 1. The fourth-order valence-corrected chi connectivity index (χ4v) is 4.02. The Morgan fingerprint density at radius 2 is 2.11 bits per heavy atom. The molecule has 9 nitrogen and oxygen atoms in total. The minimum Gasteiger partial charge on any atom is -0.472 e. The maximum atomic E-state index is 6.60. The van der Waals surface area contributed by atoms with Crippen molar-refractivity contribution >= 4 is 11.5 Å². The topological polar surface area (TPSA) is 116 Å². The fraction of sp³-hybridized carbons (Fsp3) is 0.316. The summed E-state index contributed by atoms with van der Waals surface area (Å²) in [7, 11) is 1.89. The van der Waals surface area contributed by atoms with Gasteiger partial charge in [0.15, 0.2) is 5.65 Å². The van der Waals surface area contributed by atoms with E-state index >= 15 is 0 Å².